The molecule has 0 fully saturated rings. The number of fused-ring (bicyclic) bond motifs is 3. The molecule has 0 aliphatic heterocycles. The van der Waals surface area contributed by atoms with E-state index in [4.69, 9.17) is 38.0 Å². The number of benzene rings is 2. The van der Waals surface area contributed by atoms with Crippen LogP contribution >= 0.6 is 34.5 Å². The molecule has 3 aromatic rings. The third-order valence-electron chi connectivity index (χ3n) is 6.71. The Balaban J connectivity index is 1.45. The molecule has 1 aromatic heterocycles. The van der Waals surface area contributed by atoms with Gasteiger partial charge in [-0.3, -0.25) is 10.1 Å². The number of carbonyl (C=O) groups excluding carboxylic acids is 1. The molecular weight excluding hydrogens is 555 g/mol. The van der Waals surface area contributed by atoms with E-state index >= 15 is 0 Å². The smallest absolute Gasteiger partial charge is 0.331 e. The molecular formula is C30H32Cl2N2O4S. The lowest BCUT2D eigenvalue weighted by Crippen LogP contribution is -2.12. The molecule has 1 aliphatic rings. The molecule has 0 unspecified atom stereocenters. The predicted molar refractivity (Wildman–Crippen MR) is 159 cm³/mol. The highest BCUT2D eigenvalue weighted by Crippen LogP contribution is 2.40. The van der Waals surface area contributed by atoms with E-state index in [1.807, 2.05) is 0 Å². The van der Waals surface area contributed by atoms with E-state index in [1.54, 1.807) is 0 Å². The Kier molecular flexibility index (Phi) is 10.2. The van der Waals surface area contributed by atoms with Gasteiger partial charge in [0, 0.05) is 40.4 Å². The summed E-state index contributed by atoms with van der Waals surface area (Å²) in [5.41, 5.74) is 5.44. The Labute approximate surface area is 243 Å². The van der Waals surface area contributed by atoms with Crippen LogP contribution in [0.1, 0.15) is 71.5 Å². The van der Waals surface area contributed by atoms with Crippen LogP contribution in [-0.2, 0) is 28.8 Å². The van der Waals surface area contributed by atoms with Crippen molar-refractivity contribution in [3.05, 3.63) is 73.1 Å². The van der Waals surface area contributed by atoms with Gasteiger partial charge in [0.1, 0.15) is 0 Å². The van der Waals surface area contributed by atoms with Crippen molar-refractivity contribution in [1.29, 1.82) is 0 Å². The molecule has 0 bridgehead atoms. The molecule has 4 rings (SSSR count). The third-order valence-corrected chi connectivity index (χ3v) is 8.37. The van der Waals surface area contributed by atoms with Crippen LogP contribution in [0.15, 0.2) is 35.9 Å². The van der Waals surface area contributed by atoms with Crippen molar-refractivity contribution in [3.63, 3.8) is 0 Å². The van der Waals surface area contributed by atoms with Crippen LogP contribution in [0.3, 0.4) is 0 Å². The summed E-state index contributed by atoms with van der Waals surface area (Å²) in [4.78, 5) is 30.1. The highest BCUT2D eigenvalue weighted by atomic mass is 35.5. The quantitative estimate of drug-likeness (QED) is 0.165. The van der Waals surface area contributed by atoms with E-state index in [-0.39, 0.29) is 27.1 Å². The van der Waals surface area contributed by atoms with Crippen molar-refractivity contribution >= 4 is 57.6 Å². The minimum absolute atomic E-state index is 0.0866. The van der Waals surface area contributed by atoms with Crippen LogP contribution in [0, 0.1) is 0 Å². The Morgan fingerprint density at radius 1 is 1.13 bits per heavy atom. The van der Waals surface area contributed by atoms with E-state index in [9.17, 15) is 9.59 Å². The van der Waals surface area contributed by atoms with Crippen molar-refractivity contribution in [1.82, 2.24) is 4.98 Å². The van der Waals surface area contributed by atoms with E-state index in [0.717, 1.165) is 61.5 Å². The number of halogens is 2. The maximum atomic E-state index is 13.0. The number of amides is 1. The summed E-state index contributed by atoms with van der Waals surface area (Å²) >= 11 is 14.1. The summed E-state index contributed by atoms with van der Waals surface area (Å²) in [6, 6.07) is 9.34. The SMILES string of the molecule is CCCCCOCCCc1cccc2c1CCc1sc(NC(=O)c3cc(Cl)c(C=C(C)C(=O)O)c(Cl)c3)nc1-2. The molecule has 0 saturated carbocycles. The van der Waals surface area contributed by atoms with Crippen molar-refractivity contribution in [2.24, 2.45) is 0 Å². The summed E-state index contributed by atoms with van der Waals surface area (Å²) < 4.78 is 5.79. The lowest BCUT2D eigenvalue weighted by Gasteiger charge is -2.18. The van der Waals surface area contributed by atoms with E-state index in [2.05, 4.69) is 30.4 Å². The standard InChI is InChI=1S/C30H32Cl2N2O4S/c1-3-4-5-13-38-14-7-9-19-8-6-10-22-21(19)11-12-26-27(22)33-30(39-26)34-28(35)20-16-24(31)23(25(32)17-20)15-18(2)29(36)37/h6,8,10,15-17H,3-5,7,9,11-14H2,1-2H3,(H,36,37)(H,33,34,35). The van der Waals surface area contributed by atoms with Crippen LogP contribution in [0.5, 0.6) is 0 Å². The van der Waals surface area contributed by atoms with Crippen molar-refractivity contribution < 1.29 is 19.4 Å². The highest BCUT2D eigenvalue weighted by molar-refractivity contribution is 7.16. The number of aromatic nitrogens is 1. The van der Waals surface area contributed by atoms with Gasteiger partial charge in [-0.25, -0.2) is 9.78 Å². The van der Waals surface area contributed by atoms with Gasteiger partial charge in [0.2, 0.25) is 0 Å². The molecule has 0 saturated heterocycles. The summed E-state index contributed by atoms with van der Waals surface area (Å²) in [5.74, 6) is -1.46. The highest BCUT2D eigenvalue weighted by Gasteiger charge is 2.24. The molecule has 0 radical (unpaired) electrons. The third kappa shape index (κ3) is 7.28. The fraction of sp³-hybridized carbons (Fsp3) is 0.367. The van der Waals surface area contributed by atoms with Crippen LogP contribution in [0.4, 0.5) is 5.13 Å². The van der Waals surface area contributed by atoms with Crippen molar-refractivity contribution in [3.8, 4) is 11.3 Å². The van der Waals surface area contributed by atoms with Gasteiger partial charge in [-0.05, 0) is 68.4 Å². The molecule has 1 heterocycles. The fourth-order valence-electron chi connectivity index (χ4n) is 4.63. The minimum Gasteiger partial charge on any atom is -0.478 e. The number of aryl methyl sites for hydroxylation is 2. The maximum Gasteiger partial charge on any atom is 0.331 e. The first-order valence-corrected chi connectivity index (χ1v) is 14.8. The number of unbranched alkanes of at least 4 members (excludes halogenated alkanes) is 2. The normalized spacial score (nSPS) is 12.7. The van der Waals surface area contributed by atoms with E-state index in [1.165, 1.54) is 60.4 Å². The minimum atomic E-state index is -1.07. The Morgan fingerprint density at radius 3 is 2.59 bits per heavy atom. The number of carboxylic acids is 1. The molecule has 2 aromatic carbocycles. The average Bonchev–Trinajstić information content (AvgIpc) is 3.32. The number of ether oxygens (including phenoxy) is 1. The molecule has 1 aliphatic carbocycles. The number of aliphatic carboxylic acids is 1. The first-order chi connectivity index (χ1) is 18.8. The second-order valence-electron chi connectivity index (χ2n) is 9.60. The van der Waals surface area contributed by atoms with E-state index < -0.39 is 5.97 Å². The fourth-order valence-corrected chi connectivity index (χ4v) is 6.20. The maximum absolute atomic E-state index is 13.0. The van der Waals surface area contributed by atoms with E-state index in [0.29, 0.717) is 10.7 Å². The predicted octanol–water partition coefficient (Wildman–Crippen LogP) is 8.10. The molecule has 206 valence electrons. The monoisotopic (exact) mass is 586 g/mol. The Morgan fingerprint density at radius 2 is 1.87 bits per heavy atom. The zero-order valence-corrected chi connectivity index (χ0v) is 24.4. The Hall–Kier alpha value is -2.71. The number of carbonyl (C=O) groups is 2. The summed E-state index contributed by atoms with van der Waals surface area (Å²) in [7, 11) is 0. The number of rotatable bonds is 12. The molecule has 0 spiro atoms. The molecule has 2 N–H and O–H groups in total. The first kappa shape index (κ1) is 29.3. The van der Waals surface area contributed by atoms with Gasteiger partial charge >= 0.3 is 5.97 Å². The summed E-state index contributed by atoms with van der Waals surface area (Å²) in [6.45, 7) is 5.25. The number of thiazole rings is 1. The summed E-state index contributed by atoms with van der Waals surface area (Å²) in [6.07, 6.45) is 8.71. The van der Waals surface area contributed by atoms with Gasteiger partial charge in [0.25, 0.3) is 5.91 Å². The number of nitrogens with zero attached hydrogens (tertiary/aromatic N) is 1. The molecule has 39 heavy (non-hydrogen) atoms. The van der Waals surface area contributed by atoms with Gasteiger partial charge < -0.3 is 9.84 Å². The molecule has 9 heteroatoms. The number of hydrogen-bond acceptors (Lipinski definition) is 5. The van der Waals surface area contributed by atoms with Crippen LogP contribution < -0.4 is 5.32 Å². The Bertz CT molecular complexity index is 1380. The van der Waals surface area contributed by atoms with Gasteiger partial charge in [-0.15, -0.1) is 11.3 Å². The zero-order valence-electron chi connectivity index (χ0n) is 22.1. The lowest BCUT2D eigenvalue weighted by molar-refractivity contribution is -0.132. The zero-order chi connectivity index (χ0) is 27.9. The topological polar surface area (TPSA) is 88.5 Å². The first-order valence-electron chi connectivity index (χ1n) is 13.2. The largest absolute Gasteiger partial charge is 0.478 e. The van der Waals surface area contributed by atoms with Crippen molar-refractivity contribution in [2.45, 2.75) is 58.8 Å². The van der Waals surface area contributed by atoms with Gasteiger partial charge in [0.15, 0.2) is 5.13 Å². The second-order valence-corrected chi connectivity index (χ2v) is 11.5. The number of nitrogens with one attached hydrogen (secondary N) is 1. The summed E-state index contributed by atoms with van der Waals surface area (Å²) in [5, 5.41) is 12.9. The number of carboxylic acid groups (broad SMARTS) is 1. The van der Waals surface area contributed by atoms with Gasteiger partial charge in [-0.2, -0.15) is 0 Å². The molecule has 6 nitrogen and oxygen atoms in total. The number of hydrogen-bond donors (Lipinski definition) is 2. The van der Waals surface area contributed by atoms with Gasteiger partial charge in [-0.1, -0.05) is 61.2 Å². The number of anilines is 1. The van der Waals surface area contributed by atoms with Crippen LogP contribution in [0.25, 0.3) is 17.3 Å². The van der Waals surface area contributed by atoms with Crippen molar-refractivity contribution in [2.75, 3.05) is 18.5 Å². The lowest BCUT2D eigenvalue weighted by atomic mass is 9.88. The molecule has 1 amide bonds. The van der Waals surface area contributed by atoms with Crippen LogP contribution in [-0.4, -0.2) is 35.2 Å². The second kappa shape index (κ2) is 13.6. The average molecular weight is 588 g/mol. The van der Waals surface area contributed by atoms with Crippen LogP contribution in [0.2, 0.25) is 10.0 Å². The molecule has 0 atom stereocenters. The van der Waals surface area contributed by atoms with Gasteiger partial charge in [0.05, 0.1) is 15.7 Å².